The summed E-state index contributed by atoms with van der Waals surface area (Å²) >= 11 is 0. The first-order valence-corrected chi connectivity index (χ1v) is 6.66. The van der Waals surface area contributed by atoms with E-state index in [1.807, 2.05) is 35.1 Å². The monoisotopic (exact) mass is 270 g/mol. The molecule has 1 aromatic heterocycles. The molecule has 1 atom stereocenters. The average Bonchev–Trinajstić information content (AvgIpc) is 2.88. The summed E-state index contributed by atoms with van der Waals surface area (Å²) < 4.78 is 1.90. The van der Waals surface area contributed by atoms with Gasteiger partial charge in [0.15, 0.2) is 0 Å². The topological polar surface area (TPSA) is 59.0 Å². The summed E-state index contributed by atoms with van der Waals surface area (Å²) in [5, 5.41) is 10.6. The third-order valence-corrected chi connectivity index (χ3v) is 3.37. The summed E-state index contributed by atoms with van der Waals surface area (Å²) in [6.45, 7) is 6.27. The SMILES string of the molecule is CC(C)(C)n1cc(C2NC(=O)c3ccccc3N2)cn1. The van der Waals surface area contributed by atoms with Crippen LogP contribution in [0.4, 0.5) is 5.69 Å². The van der Waals surface area contributed by atoms with E-state index in [1.165, 1.54) is 0 Å². The van der Waals surface area contributed by atoms with Gasteiger partial charge in [-0.15, -0.1) is 0 Å². The molecule has 0 saturated heterocycles. The molecule has 1 aromatic carbocycles. The Hall–Kier alpha value is -2.30. The number of hydrogen-bond acceptors (Lipinski definition) is 3. The van der Waals surface area contributed by atoms with E-state index in [-0.39, 0.29) is 17.6 Å². The van der Waals surface area contributed by atoms with Gasteiger partial charge >= 0.3 is 0 Å². The molecule has 0 radical (unpaired) electrons. The standard InChI is InChI=1S/C15H18N4O/c1-15(2,3)19-9-10(8-16-19)13-17-12-7-5-4-6-11(12)14(20)18-13/h4-9,13,17H,1-3H3,(H,18,20). The minimum absolute atomic E-state index is 0.0622. The molecule has 2 heterocycles. The number of fused-ring (bicyclic) bond motifs is 1. The number of amides is 1. The maximum absolute atomic E-state index is 12.1. The number of nitrogens with zero attached hydrogens (tertiary/aromatic N) is 2. The van der Waals surface area contributed by atoms with E-state index < -0.39 is 0 Å². The summed E-state index contributed by atoms with van der Waals surface area (Å²) in [6.07, 6.45) is 3.51. The molecule has 5 heteroatoms. The number of carbonyl (C=O) groups excluding carboxylic acids is 1. The lowest BCUT2D eigenvalue weighted by atomic mass is 10.1. The van der Waals surface area contributed by atoms with E-state index in [2.05, 4.69) is 36.5 Å². The van der Waals surface area contributed by atoms with E-state index >= 15 is 0 Å². The highest BCUT2D eigenvalue weighted by molar-refractivity contribution is 6.01. The van der Waals surface area contributed by atoms with Crippen LogP contribution in [0.2, 0.25) is 0 Å². The molecule has 0 aliphatic carbocycles. The first kappa shape index (κ1) is 12.7. The number of nitrogens with one attached hydrogen (secondary N) is 2. The van der Waals surface area contributed by atoms with Gasteiger partial charge in [0.05, 0.1) is 17.3 Å². The van der Waals surface area contributed by atoms with Gasteiger partial charge in [-0.05, 0) is 32.9 Å². The second kappa shape index (κ2) is 4.37. The van der Waals surface area contributed by atoms with Crippen molar-refractivity contribution < 1.29 is 4.79 Å². The number of hydrogen-bond donors (Lipinski definition) is 2. The van der Waals surface area contributed by atoms with Crippen LogP contribution in [0.5, 0.6) is 0 Å². The fourth-order valence-corrected chi connectivity index (χ4v) is 2.23. The molecule has 5 nitrogen and oxygen atoms in total. The third-order valence-electron chi connectivity index (χ3n) is 3.37. The van der Waals surface area contributed by atoms with Gasteiger partial charge in [0.25, 0.3) is 5.91 Å². The van der Waals surface area contributed by atoms with Gasteiger partial charge in [-0.3, -0.25) is 9.48 Å². The van der Waals surface area contributed by atoms with Gasteiger partial charge in [-0.2, -0.15) is 5.10 Å². The lowest BCUT2D eigenvalue weighted by molar-refractivity contribution is 0.0935. The summed E-state index contributed by atoms with van der Waals surface area (Å²) in [5.41, 5.74) is 2.40. The molecule has 1 amide bonds. The van der Waals surface area contributed by atoms with Gasteiger partial charge < -0.3 is 10.6 Å². The number of rotatable bonds is 1. The Morgan fingerprint density at radius 3 is 2.65 bits per heavy atom. The largest absolute Gasteiger partial charge is 0.361 e. The lowest BCUT2D eigenvalue weighted by Crippen LogP contribution is -2.38. The van der Waals surface area contributed by atoms with Crippen molar-refractivity contribution in [3.63, 3.8) is 0 Å². The molecular formula is C15H18N4O. The molecule has 2 aromatic rings. The molecule has 20 heavy (non-hydrogen) atoms. The Morgan fingerprint density at radius 1 is 1.20 bits per heavy atom. The second-order valence-electron chi connectivity index (χ2n) is 5.99. The lowest BCUT2D eigenvalue weighted by Gasteiger charge is -2.27. The number of para-hydroxylation sites is 1. The third kappa shape index (κ3) is 2.15. The number of anilines is 1. The summed E-state index contributed by atoms with van der Waals surface area (Å²) in [4.78, 5) is 12.1. The Labute approximate surface area is 118 Å². The normalized spacial score (nSPS) is 18.1. The first-order valence-electron chi connectivity index (χ1n) is 6.66. The molecule has 1 aliphatic rings. The Morgan fingerprint density at radius 2 is 1.95 bits per heavy atom. The fraction of sp³-hybridized carbons (Fsp3) is 0.333. The van der Waals surface area contributed by atoms with Crippen molar-refractivity contribution in [3.05, 3.63) is 47.8 Å². The van der Waals surface area contributed by atoms with Gasteiger partial charge in [0, 0.05) is 17.4 Å². The first-order chi connectivity index (χ1) is 9.45. The highest BCUT2D eigenvalue weighted by Crippen LogP contribution is 2.26. The second-order valence-corrected chi connectivity index (χ2v) is 5.99. The van der Waals surface area contributed by atoms with Crippen LogP contribution in [0.15, 0.2) is 36.7 Å². The van der Waals surface area contributed by atoms with E-state index in [4.69, 9.17) is 0 Å². The number of carbonyl (C=O) groups is 1. The van der Waals surface area contributed by atoms with Crippen LogP contribution >= 0.6 is 0 Å². The summed E-state index contributed by atoms with van der Waals surface area (Å²) in [6, 6.07) is 7.50. The van der Waals surface area contributed by atoms with Crippen molar-refractivity contribution in [2.75, 3.05) is 5.32 Å². The van der Waals surface area contributed by atoms with Gasteiger partial charge in [-0.1, -0.05) is 12.1 Å². The van der Waals surface area contributed by atoms with Gasteiger partial charge in [0.2, 0.25) is 0 Å². The van der Waals surface area contributed by atoms with Crippen molar-refractivity contribution in [3.8, 4) is 0 Å². The Kier molecular flexibility index (Phi) is 2.78. The molecule has 1 aliphatic heterocycles. The quantitative estimate of drug-likeness (QED) is 0.837. The van der Waals surface area contributed by atoms with Crippen LogP contribution in [0.25, 0.3) is 0 Å². The predicted octanol–water partition coefficient (Wildman–Crippen LogP) is 2.49. The molecule has 1 unspecified atom stereocenters. The molecule has 0 saturated carbocycles. The summed E-state index contributed by atoms with van der Waals surface area (Å²) in [5.74, 6) is -0.0622. The maximum atomic E-state index is 12.1. The van der Waals surface area contributed by atoms with Crippen LogP contribution < -0.4 is 10.6 Å². The highest BCUT2D eigenvalue weighted by atomic mass is 16.2. The molecule has 0 fully saturated rings. The van der Waals surface area contributed by atoms with E-state index in [0.29, 0.717) is 5.56 Å². The van der Waals surface area contributed by atoms with Crippen molar-refractivity contribution >= 4 is 11.6 Å². The van der Waals surface area contributed by atoms with E-state index in [1.54, 1.807) is 6.20 Å². The highest BCUT2D eigenvalue weighted by Gasteiger charge is 2.26. The van der Waals surface area contributed by atoms with E-state index in [9.17, 15) is 4.79 Å². The van der Waals surface area contributed by atoms with Crippen LogP contribution in [-0.4, -0.2) is 15.7 Å². The molecule has 3 rings (SSSR count). The predicted molar refractivity (Wildman–Crippen MR) is 77.5 cm³/mol. The molecule has 2 N–H and O–H groups in total. The number of benzene rings is 1. The Balaban J connectivity index is 1.90. The zero-order valence-corrected chi connectivity index (χ0v) is 11.8. The van der Waals surface area contributed by atoms with Gasteiger partial charge in [0.1, 0.15) is 6.17 Å². The van der Waals surface area contributed by atoms with Crippen LogP contribution in [0.3, 0.4) is 0 Å². The molecule has 0 spiro atoms. The zero-order valence-electron chi connectivity index (χ0n) is 11.8. The maximum Gasteiger partial charge on any atom is 0.255 e. The van der Waals surface area contributed by atoms with Crippen LogP contribution in [-0.2, 0) is 5.54 Å². The number of aromatic nitrogens is 2. The van der Waals surface area contributed by atoms with Crippen LogP contribution in [0.1, 0.15) is 42.9 Å². The van der Waals surface area contributed by atoms with Crippen molar-refractivity contribution in [2.24, 2.45) is 0 Å². The Bertz CT molecular complexity index is 654. The molecule has 0 bridgehead atoms. The van der Waals surface area contributed by atoms with Crippen LogP contribution in [0, 0.1) is 0 Å². The minimum Gasteiger partial charge on any atom is -0.361 e. The fourth-order valence-electron chi connectivity index (χ4n) is 2.23. The van der Waals surface area contributed by atoms with Crippen molar-refractivity contribution in [1.82, 2.24) is 15.1 Å². The van der Waals surface area contributed by atoms with Gasteiger partial charge in [-0.25, -0.2) is 0 Å². The van der Waals surface area contributed by atoms with E-state index in [0.717, 1.165) is 11.3 Å². The minimum atomic E-state index is -0.242. The van der Waals surface area contributed by atoms with Crippen molar-refractivity contribution in [1.29, 1.82) is 0 Å². The van der Waals surface area contributed by atoms with Crippen molar-refractivity contribution in [2.45, 2.75) is 32.5 Å². The molecular weight excluding hydrogens is 252 g/mol. The summed E-state index contributed by atoms with van der Waals surface area (Å²) in [7, 11) is 0. The smallest absolute Gasteiger partial charge is 0.255 e. The molecule has 104 valence electrons. The average molecular weight is 270 g/mol. The zero-order chi connectivity index (χ0) is 14.3.